The number of hydrogen-bond donors (Lipinski definition) is 0. The molecule has 0 aromatic heterocycles. The van der Waals surface area contributed by atoms with Gasteiger partial charge in [0.05, 0.1) is 13.2 Å². The summed E-state index contributed by atoms with van der Waals surface area (Å²) in [6.45, 7) is 3.15. The van der Waals surface area contributed by atoms with Crippen LogP contribution in [0.1, 0.15) is 12.8 Å². The highest BCUT2D eigenvalue weighted by Gasteiger charge is 2.37. The predicted octanol–water partition coefficient (Wildman–Crippen LogP) is -0.00880. The van der Waals surface area contributed by atoms with Crippen molar-refractivity contribution in [3.05, 3.63) is 0 Å². The Hall–Kier alpha value is -1.30. The molecule has 0 spiro atoms. The fourth-order valence-corrected chi connectivity index (χ4v) is 2.50. The molecule has 6 heteroatoms. The number of carbonyl (C=O) groups is 2. The van der Waals surface area contributed by atoms with Crippen LogP contribution in [0.15, 0.2) is 0 Å². The van der Waals surface area contributed by atoms with Gasteiger partial charge in [-0.15, -0.1) is 0 Å². The minimum absolute atomic E-state index is 0.0703. The van der Waals surface area contributed by atoms with Crippen molar-refractivity contribution in [2.24, 2.45) is 0 Å². The van der Waals surface area contributed by atoms with E-state index in [1.807, 2.05) is 4.90 Å². The summed E-state index contributed by atoms with van der Waals surface area (Å²) in [5.74, 6) is 0.0750. The second-order valence-corrected chi connectivity index (χ2v) is 4.97. The van der Waals surface area contributed by atoms with Crippen molar-refractivity contribution in [3.8, 4) is 0 Å². The van der Waals surface area contributed by atoms with Gasteiger partial charge in [0.1, 0.15) is 6.04 Å². The van der Waals surface area contributed by atoms with Crippen LogP contribution in [-0.4, -0.2) is 79.6 Å². The quantitative estimate of drug-likeness (QED) is 0.662. The zero-order valence-electron chi connectivity index (χ0n) is 11.1. The number of likely N-dealkylation sites (tertiary alicyclic amines) is 1. The summed E-state index contributed by atoms with van der Waals surface area (Å²) in [4.78, 5) is 29.4. The van der Waals surface area contributed by atoms with Crippen molar-refractivity contribution in [2.75, 3.05) is 46.9 Å². The van der Waals surface area contributed by atoms with E-state index >= 15 is 0 Å². The third kappa shape index (κ3) is 2.58. The van der Waals surface area contributed by atoms with Crippen LogP contribution in [0.3, 0.4) is 0 Å². The van der Waals surface area contributed by atoms with Gasteiger partial charge < -0.3 is 19.4 Å². The number of ether oxygens (including phenoxy) is 1. The molecule has 2 fully saturated rings. The number of hydrogen-bond acceptors (Lipinski definition) is 3. The Balaban J connectivity index is 2.01. The average Bonchev–Trinajstić information content (AvgIpc) is 2.87. The standard InChI is InChI=1S/C12H21N3O3/c1-13(2)12(17)15-5-3-4-10(15)11(16)14-6-8-18-9-7-14/h10H,3-9H2,1-2H3/t10-/m1/s1. The maximum absolute atomic E-state index is 12.4. The number of urea groups is 1. The van der Waals surface area contributed by atoms with Gasteiger partial charge in [0.25, 0.3) is 0 Å². The minimum atomic E-state index is -0.280. The Kier molecular flexibility index (Phi) is 4.06. The summed E-state index contributed by atoms with van der Waals surface area (Å²) < 4.78 is 5.24. The van der Waals surface area contributed by atoms with Crippen LogP contribution in [0, 0.1) is 0 Å². The van der Waals surface area contributed by atoms with Crippen LogP contribution >= 0.6 is 0 Å². The number of rotatable bonds is 1. The Labute approximate surface area is 107 Å². The molecule has 0 N–H and O–H groups in total. The molecule has 6 nitrogen and oxygen atoms in total. The second kappa shape index (κ2) is 5.56. The van der Waals surface area contributed by atoms with Crippen LogP contribution in [-0.2, 0) is 9.53 Å². The van der Waals surface area contributed by atoms with Crippen molar-refractivity contribution in [1.29, 1.82) is 0 Å². The van der Waals surface area contributed by atoms with Gasteiger partial charge in [-0.2, -0.15) is 0 Å². The maximum Gasteiger partial charge on any atom is 0.320 e. The molecule has 2 rings (SSSR count). The first kappa shape index (κ1) is 13.1. The molecule has 0 saturated carbocycles. The topological polar surface area (TPSA) is 53.1 Å². The monoisotopic (exact) mass is 255 g/mol. The van der Waals surface area contributed by atoms with Crippen LogP contribution in [0.5, 0.6) is 0 Å². The number of amides is 3. The average molecular weight is 255 g/mol. The summed E-state index contributed by atoms with van der Waals surface area (Å²) in [5.41, 5.74) is 0. The summed E-state index contributed by atoms with van der Waals surface area (Å²) in [6, 6.07) is -0.350. The molecule has 2 saturated heterocycles. The molecule has 0 aromatic carbocycles. The zero-order chi connectivity index (χ0) is 13.1. The molecule has 102 valence electrons. The molecule has 0 bridgehead atoms. The van der Waals surface area contributed by atoms with Crippen molar-refractivity contribution in [3.63, 3.8) is 0 Å². The number of nitrogens with zero attached hydrogens (tertiary/aromatic N) is 3. The van der Waals surface area contributed by atoms with E-state index in [-0.39, 0.29) is 18.0 Å². The Morgan fingerprint density at radius 2 is 1.83 bits per heavy atom. The molecule has 2 aliphatic heterocycles. The van der Waals surface area contributed by atoms with E-state index in [1.165, 1.54) is 4.90 Å². The molecule has 0 radical (unpaired) electrons. The molecule has 1 atom stereocenters. The highest BCUT2D eigenvalue weighted by atomic mass is 16.5. The van der Waals surface area contributed by atoms with Crippen LogP contribution < -0.4 is 0 Å². The van der Waals surface area contributed by atoms with E-state index in [0.29, 0.717) is 32.8 Å². The van der Waals surface area contributed by atoms with Gasteiger partial charge in [0.2, 0.25) is 5.91 Å². The molecule has 0 aromatic rings. The van der Waals surface area contributed by atoms with E-state index in [4.69, 9.17) is 4.74 Å². The second-order valence-electron chi connectivity index (χ2n) is 4.97. The molecule has 2 aliphatic rings. The molecule has 0 aliphatic carbocycles. The lowest BCUT2D eigenvalue weighted by Gasteiger charge is -2.33. The largest absolute Gasteiger partial charge is 0.378 e. The van der Waals surface area contributed by atoms with Gasteiger partial charge in [-0.3, -0.25) is 4.79 Å². The minimum Gasteiger partial charge on any atom is -0.378 e. The predicted molar refractivity (Wildman–Crippen MR) is 66.2 cm³/mol. The van der Waals surface area contributed by atoms with Gasteiger partial charge >= 0.3 is 6.03 Å². The molecular weight excluding hydrogens is 234 g/mol. The fourth-order valence-electron chi connectivity index (χ4n) is 2.50. The Bertz CT molecular complexity index is 327. The Morgan fingerprint density at radius 3 is 2.44 bits per heavy atom. The van der Waals surface area contributed by atoms with Crippen LogP contribution in [0.2, 0.25) is 0 Å². The number of carbonyl (C=O) groups excluding carboxylic acids is 2. The normalized spacial score (nSPS) is 24.2. The van der Waals surface area contributed by atoms with Gasteiger partial charge in [-0.25, -0.2) is 4.79 Å². The van der Waals surface area contributed by atoms with E-state index in [0.717, 1.165) is 12.8 Å². The van der Waals surface area contributed by atoms with E-state index < -0.39 is 0 Å². The van der Waals surface area contributed by atoms with Crippen molar-refractivity contribution in [1.82, 2.24) is 14.7 Å². The Morgan fingerprint density at radius 1 is 1.17 bits per heavy atom. The first-order valence-electron chi connectivity index (χ1n) is 6.45. The third-order valence-electron chi connectivity index (χ3n) is 3.49. The highest BCUT2D eigenvalue weighted by molar-refractivity contribution is 5.87. The van der Waals surface area contributed by atoms with Crippen molar-refractivity contribution < 1.29 is 14.3 Å². The lowest BCUT2D eigenvalue weighted by atomic mass is 10.2. The highest BCUT2D eigenvalue weighted by Crippen LogP contribution is 2.21. The molecular formula is C12H21N3O3. The van der Waals surface area contributed by atoms with Crippen LogP contribution in [0.25, 0.3) is 0 Å². The molecule has 3 amide bonds. The van der Waals surface area contributed by atoms with E-state index in [9.17, 15) is 9.59 Å². The van der Waals surface area contributed by atoms with Gasteiger partial charge in [0, 0.05) is 33.7 Å². The van der Waals surface area contributed by atoms with E-state index in [1.54, 1.807) is 19.0 Å². The molecule has 18 heavy (non-hydrogen) atoms. The first-order valence-corrected chi connectivity index (χ1v) is 6.45. The smallest absolute Gasteiger partial charge is 0.320 e. The van der Waals surface area contributed by atoms with Crippen molar-refractivity contribution in [2.45, 2.75) is 18.9 Å². The van der Waals surface area contributed by atoms with Crippen LogP contribution in [0.4, 0.5) is 4.79 Å². The van der Waals surface area contributed by atoms with E-state index in [2.05, 4.69) is 0 Å². The van der Waals surface area contributed by atoms with Gasteiger partial charge in [-0.1, -0.05) is 0 Å². The summed E-state index contributed by atoms with van der Waals surface area (Å²) in [6.07, 6.45) is 1.68. The summed E-state index contributed by atoms with van der Waals surface area (Å²) in [5, 5.41) is 0. The first-order chi connectivity index (χ1) is 8.61. The van der Waals surface area contributed by atoms with Gasteiger partial charge in [-0.05, 0) is 12.8 Å². The lowest BCUT2D eigenvalue weighted by molar-refractivity contribution is -0.139. The molecule has 2 heterocycles. The number of morpholine rings is 1. The fraction of sp³-hybridized carbons (Fsp3) is 0.833. The maximum atomic E-state index is 12.4. The summed E-state index contributed by atoms with van der Waals surface area (Å²) >= 11 is 0. The third-order valence-corrected chi connectivity index (χ3v) is 3.49. The molecule has 0 unspecified atom stereocenters. The SMILES string of the molecule is CN(C)C(=O)N1CCC[C@@H]1C(=O)N1CCOCC1. The summed E-state index contributed by atoms with van der Waals surface area (Å²) in [7, 11) is 3.44. The zero-order valence-corrected chi connectivity index (χ0v) is 11.1. The van der Waals surface area contributed by atoms with Crippen molar-refractivity contribution >= 4 is 11.9 Å². The van der Waals surface area contributed by atoms with Gasteiger partial charge in [0.15, 0.2) is 0 Å². The lowest BCUT2D eigenvalue weighted by Crippen LogP contribution is -2.52.